The number of nitrogens with one attached hydrogen (secondary N) is 1. The molecule has 0 bridgehead atoms. The smallest absolute Gasteiger partial charge is 0.0540 e. The summed E-state index contributed by atoms with van der Waals surface area (Å²) in [5, 5.41) is 8.62. The molecule has 0 fully saturated rings. The Kier molecular flexibility index (Phi) is 5.20. The predicted octanol–water partition coefficient (Wildman–Crippen LogP) is 11.0. The molecule has 202 valence electrons. The van der Waals surface area contributed by atoms with Crippen LogP contribution in [0.4, 0.5) is 17.1 Å². The summed E-state index contributed by atoms with van der Waals surface area (Å²) in [4.78, 5) is 5.98. The van der Waals surface area contributed by atoms with Gasteiger partial charge in [-0.2, -0.15) is 0 Å². The standard InChI is InChI=1S/C40H27N3/c1-3-13-32-27(9-1)11-7-17-38(32)43(39-18-8-12-28-10-2-4-14-33(28)39)31-21-19-30(20-22-31)42-24-23-29-25-37-35(26-40(29)42)34-15-5-6-16-36(34)41-37/h1-26,41H. The summed E-state index contributed by atoms with van der Waals surface area (Å²) in [6.45, 7) is 0. The predicted molar refractivity (Wildman–Crippen MR) is 182 cm³/mol. The van der Waals surface area contributed by atoms with E-state index >= 15 is 0 Å². The number of aromatic nitrogens is 2. The summed E-state index contributed by atoms with van der Waals surface area (Å²) in [5.74, 6) is 0. The molecule has 3 nitrogen and oxygen atoms in total. The lowest BCUT2D eigenvalue weighted by molar-refractivity contribution is 1.13. The molecule has 0 aliphatic carbocycles. The quantitative estimate of drug-likeness (QED) is 0.232. The van der Waals surface area contributed by atoms with Gasteiger partial charge in [0.1, 0.15) is 0 Å². The number of aromatic amines is 1. The van der Waals surface area contributed by atoms with E-state index in [0.717, 1.165) is 22.7 Å². The number of hydrogen-bond acceptors (Lipinski definition) is 1. The highest BCUT2D eigenvalue weighted by atomic mass is 15.1. The number of nitrogens with zero attached hydrogens (tertiary/aromatic N) is 2. The molecule has 0 saturated carbocycles. The summed E-state index contributed by atoms with van der Waals surface area (Å²) in [6.07, 6.45) is 2.17. The van der Waals surface area contributed by atoms with Crippen LogP contribution in [0.15, 0.2) is 158 Å². The highest BCUT2D eigenvalue weighted by Gasteiger charge is 2.18. The van der Waals surface area contributed by atoms with Gasteiger partial charge in [-0.15, -0.1) is 0 Å². The topological polar surface area (TPSA) is 24.0 Å². The van der Waals surface area contributed by atoms with Crippen LogP contribution in [-0.2, 0) is 0 Å². The molecule has 0 unspecified atom stereocenters. The molecular formula is C40H27N3. The first kappa shape index (κ1) is 23.9. The molecule has 3 heteroatoms. The van der Waals surface area contributed by atoms with E-state index < -0.39 is 0 Å². The third kappa shape index (κ3) is 3.75. The van der Waals surface area contributed by atoms with Crippen LogP contribution in [0.3, 0.4) is 0 Å². The lowest BCUT2D eigenvalue weighted by Crippen LogP contribution is -2.11. The van der Waals surface area contributed by atoms with Crippen molar-refractivity contribution in [2.75, 3.05) is 4.90 Å². The Balaban J connectivity index is 1.21. The van der Waals surface area contributed by atoms with Crippen LogP contribution in [0.2, 0.25) is 0 Å². The molecule has 7 aromatic carbocycles. The van der Waals surface area contributed by atoms with Gasteiger partial charge in [0, 0.05) is 55.5 Å². The summed E-state index contributed by atoms with van der Waals surface area (Å²) < 4.78 is 2.29. The first-order valence-corrected chi connectivity index (χ1v) is 14.7. The van der Waals surface area contributed by atoms with Gasteiger partial charge < -0.3 is 14.5 Å². The SMILES string of the molecule is c1ccc2c(N(c3ccc(-n4ccc5cc6[nH]c7ccccc7c6cc54)cc3)c3cccc4ccccc34)cccc2c1. The van der Waals surface area contributed by atoms with Crippen LogP contribution in [-0.4, -0.2) is 9.55 Å². The number of anilines is 3. The number of H-pyrrole nitrogens is 1. The van der Waals surface area contributed by atoms with Crippen molar-refractivity contribution in [3.63, 3.8) is 0 Å². The maximum absolute atomic E-state index is 3.58. The van der Waals surface area contributed by atoms with Crippen molar-refractivity contribution in [1.82, 2.24) is 9.55 Å². The van der Waals surface area contributed by atoms with E-state index in [0.29, 0.717) is 0 Å². The van der Waals surface area contributed by atoms with E-state index in [-0.39, 0.29) is 0 Å². The van der Waals surface area contributed by atoms with E-state index in [2.05, 4.69) is 172 Å². The van der Waals surface area contributed by atoms with Crippen molar-refractivity contribution in [2.45, 2.75) is 0 Å². The van der Waals surface area contributed by atoms with Gasteiger partial charge in [0.15, 0.2) is 0 Å². The largest absolute Gasteiger partial charge is 0.354 e. The fraction of sp³-hybridized carbons (Fsp3) is 0. The van der Waals surface area contributed by atoms with Gasteiger partial charge in [-0.1, -0.05) is 91.0 Å². The lowest BCUT2D eigenvalue weighted by atomic mass is 10.0. The average Bonchev–Trinajstić information content (AvgIpc) is 3.65. The lowest BCUT2D eigenvalue weighted by Gasteiger charge is -2.28. The second-order valence-electron chi connectivity index (χ2n) is 11.2. The van der Waals surface area contributed by atoms with Crippen molar-refractivity contribution in [3.8, 4) is 5.69 Å². The minimum Gasteiger partial charge on any atom is -0.354 e. The third-order valence-corrected chi connectivity index (χ3v) is 8.72. The third-order valence-electron chi connectivity index (χ3n) is 8.72. The van der Waals surface area contributed by atoms with Crippen LogP contribution in [0.5, 0.6) is 0 Å². The van der Waals surface area contributed by atoms with Crippen molar-refractivity contribution in [1.29, 1.82) is 0 Å². The number of fused-ring (bicyclic) bond motifs is 6. The maximum Gasteiger partial charge on any atom is 0.0540 e. The highest BCUT2D eigenvalue weighted by molar-refractivity contribution is 6.12. The van der Waals surface area contributed by atoms with Gasteiger partial charge in [0.2, 0.25) is 0 Å². The van der Waals surface area contributed by atoms with Gasteiger partial charge in [-0.05, 0) is 71.4 Å². The molecule has 1 N–H and O–H groups in total. The van der Waals surface area contributed by atoms with E-state index in [9.17, 15) is 0 Å². The summed E-state index contributed by atoms with van der Waals surface area (Å²) in [5.41, 5.74) is 8.11. The molecule has 0 amide bonds. The molecule has 43 heavy (non-hydrogen) atoms. The van der Waals surface area contributed by atoms with Crippen molar-refractivity contribution in [3.05, 3.63) is 158 Å². The number of hydrogen-bond donors (Lipinski definition) is 1. The maximum atomic E-state index is 3.58. The molecule has 0 atom stereocenters. The van der Waals surface area contributed by atoms with Gasteiger partial charge >= 0.3 is 0 Å². The minimum atomic E-state index is 1.12. The normalized spacial score (nSPS) is 11.7. The zero-order valence-electron chi connectivity index (χ0n) is 23.4. The van der Waals surface area contributed by atoms with Crippen LogP contribution in [0.25, 0.3) is 59.9 Å². The van der Waals surface area contributed by atoms with Gasteiger partial charge in [-0.3, -0.25) is 0 Å². The molecule has 2 aromatic heterocycles. The van der Waals surface area contributed by atoms with Crippen LogP contribution >= 0.6 is 0 Å². The first-order chi connectivity index (χ1) is 21.3. The molecule has 0 aliphatic heterocycles. The number of para-hydroxylation sites is 1. The fourth-order valence-corrected chi connectivity index (χ4v) is 6.68. The van der Waals surface area contributed by atoms with Crippen molar-refractivity contribution >= 4 is 71.3 Å². The summed E-state index contributed by atoms with van der Waals surface area (Å²) in [6, 6.07) is 54.7. The summed E-state index contributed by atoms with van der Waals surface area (Å²) in [7, 11) is 0. The van der Waals surface area contributed by atoms with E-state index in [1.165, 1.54) is 54.3 Å². The van der Waals surface area contributed by atoms with E-state index in [1.54, 1.807) is 0 Å². The second kappa shape index (κ2) is 9.37. The molecule has 0 radical (unpaired) electrons. The van der Waals surface area contributed by atoms with Crippen LogP contribution in [0.1, 0.15) is 0 Å². The molecule has 0 spiro atoms. The van der Waals surface area contributed by atoms with Crippen molar-refractivity contribution in [2.24, 2.45) is 0 Å². The molecule has 9 aromatic rings. The zero-order valence-corrected chi connectivity index (χ0v) is 23.4. The van der Waals surface area contributed by atoms with Crippen molar-refractivity contribution < 1.29 is 0 Å². The molecule has 0 saturated heterocycles. The Morgan fingerprint density at radius 3 is 1.74 bits per heavy atom. The van der Waals surface area contributed by atoms with Crippen LogP contribution < -0.4 is 4.90 Å². The highest BCUT2D eigenvalue weighted by Crippen LogP contribution is 2.42. The molecule has 2 heterocycles. The van der Waals surface area contributed by atoms with Gasteiger partial charge in [0.25, 0.3) is 0 Å². The van der Waals surface area contributed by atoms with E-state index in [1.807, 2.05) is 0 Å². The molecule has 9 rings (SSSR count). The second-order valence-corrected chi connectivity index (χ2v) is 11.2. The first-order valence-electron chi connectivity index (χ1n) is 14.7. The van der Waals surface area contributed by atoms with Crippen LogP contribution in [0, 0.1) is 0 Å². The number of benzene rings is 7. The molecular weight excluding hydrogens is 522 g/mol. The van der Waals surface area contributed by atoms with E-state index in [4.69, 9.17) is 0 Å². The summed E-state index contributed by atoms with van der Waals surface area (Å²) >= 11 is 0. The zero-order chi connectivity index (χ0) is 28.3. The number of rotatable bonds is 4. The van der Waals surface area contributed by atoms with Gasteiger partial charge in [0.05, 0.1) is 16.9 Å². The average molecular weight is 550 g/mol. The Hall–Kier alpha value is -5.80. The fourth-order valence-electron chi connectivity index (χ4n) is 6.68. The Morgan fingerprint density at radius 1 is 0.442 bits per heavy atom. The Labute approximate surface area is 248 Å². The Bertz CT molecular complexity index is 2370. The van der Waals surface area contributed by atoms with Gasteiger partial charge in [-0.25, -0.2) is 0 Å². The minimum absolute atomic E-state index is 1.12. The Morgan fingerprint density at radius 2 is 1.05 bits per heavy atom. The monoisotopic (exact) mass is 549 g/mol. The molecule has 0 aliphatic rings.